The molecule has 2 heteroatoms. The van der Waals surface area contributed by atoms with Gasteiger partial charge in [0.25, 0.3) is 0 Å². The molecule has 0 aliphatic heterocycles. The van der Waals surface area contributed by atoms with Gasteiger partial charge in [-0.25, -0.2) is 0 Å². The number of nitrogens with zero attached hydrogens (tertiary/aromatic N) is 1. The molecule has 4 rings (SSSR count). The van der Waals surface area contributed by atoms with Crippen molar-refractivity contribution in [3.05, 3.63) is 29.6 Å². The first-order valence-corrected chi connectivity index (χ1v) is 7.05. The molecule has 2 saturated carbocycles. The molecule has 0 aromatic carbocycles. The molecular weight excluding hydrogens is 208 g/mol. The van der Waals surface area contributed by atoms with Crippen LogP contribution in [0.1, 0.15) is 42.9 Å². The van der Waals surface area contributed by atoms with Gasteiger partial charge in [0, 0.05) is 23.9 Å². The van der Waals surface area contributed by atoms with Crippen LogP contribution in [0.5, 0.6) is 0 Å². The van der Waals surface area contributed by atoms with Crippen molar-refractivity contribution in [1.29, 1.82) is 0 Å². The number of aromatic nitrogens is 1. The minimum Gasteiger partial charge on any atom is -0.327 e. The number of fused-ring (bicyclic) bond motifs is 2. The van der Waals surface area contributed by atoms with Crippen molar-refractivity contribution in [3.63, 3.8) is 0 Å². The minimum atomic E-state index is 0.376. The fraction of sp³-hybridized carbons (Fsp3) is 0.667. The molecular formula is C15H20N2. The number of rotatable bonds is 2. The lowest BCUT2D eigenvalue weighted by Gasteiger charge is -2.21. The Balaban J connectivity index is 1.57. The largest absolute Gasteiger partial charge is 0.327 e. The average molecular weight is 228 g/mol. The highest BCUT2D eigenvalue weighted by Crippen LogP contribution is 2.60. The van der Waals surface area contributed by atoms with Crippen LogP contribution in [0.15, 0.2) is 18.3 Å². The molecule has 2 N–H and O–H groups in total. The highest BCUT2D eigenvalue weighted by molar-refractivity contribution is 5.31. The third kappa shape index (κ3) is 1.40. The molecule has 4 unspecified atom stereocenters. The summed E-state index contributed by atoms with van der Waals surface area (Å²) in [5.74, 6) is 3.30. The van der Waals surface area contributed by atoms with Crippen molar-refractivity contribution in [1.82, 2.24) is 4.98 Å². The Bertz CT molecular complexity index is 432. The lowest BCUT2D eigenvalue weighted by atomic mass is 9.90. The summed E-state index contributed by atoms with van der Waals surface area (Å²) in [7, 11) is 0. The predicted molar refractivity (Wildman–Crippen MR) is 67.6 cm³/mol. The van der Waals surface area contributed by atoms with E-state index in [4.69, 9.17) is 5.73 Å². The molecule has 2 nitrogen and oxygen atoms in total. The van der Waals surface area contributed by atoms with Crippen molar-refractivity contribution < 1.29 is 0 Å². The van der Waals surface area contributed by atoms with Crippen molar-refractivity contribution in [2.24, 2.45) is 23.5 Å². The number of aryl methyl sites for hydroxylation is 1. The van der Waals surface area contributed by atoms with Crippen LogP contribution in [0.25, 0.3) is 0 Å². The Hall–Kier alpha value is -0.890. The van der Waals surface area contributed by atoms with Crippen LogP contribution in [0.3, 0.4) is 0 Å². The smallest absolute Gasteiger partial charge is 0.0482 e. The van der Waals surface area contributed by atoms with Gasteiger partial charge in [-0.1, -0.05) is 12.5 Å². The third-order valence-electron chi connectivity index (χ3n) is 5.38. The second-order valence-corrected chi connectivity index (χ2v) is 6.11. The van der Waals surface area contributed by atoms with E-state index in [0.29, 0.717) is 12.0 Å². The van der Waals surface area contributed by atoms with Crippen LogP contribution in [0, 0.1) is 17.8 Å². The summed E-state index contributed by atoms with van der Waals surface area (Å²) in [4.78, 5) is 4.59. The summed E-state index contributed by atoms with van der Waals surface area (Å²) in [6, 6.07) is 4.66. The van der Waals surface area contributed by atoms with Crippen molar-refractivity contribution in [3.8, 4) is 0 Å². The van der Waals surface area contributed by atoms with E-state index in [1.54, 1.807) is 0 Å². The van der Waals surface area contributed by atoms with E-state index in [9.17, 15) is 0 Å². The first-order valence-electron chi connectivity index (χ1n) is 7.05. The molecule has 0 saturated heterocycles. The quantitative estimate of drug-likeness (QED) is 0.844. The van der Waals surface area contributed by atoms with Gasteiger partial charge in [0.1, 0.15) is 0 Å². The van der Waals surface area contributed by atoms with Crippen molar-refractivity contribution in [2.45, 2.75) is 44.1 Å². The van der Waals surface area contributed by atoms with E-state index < -0.39 is 0 Å². The molecule has 3 aliphatic carbocycles. The Morgan fingerprint density at radius 2 is 2.06 bits per heavy atom. The van der Waals surface area contributed by atoms with Crippen LogP contribution >= 0.6 is 0 Å². The van der Waals surface area contributed by atoms with Crippen molar-refractivity contribution >= 4 is 0 Å². The molecule has 0 amide bonds. The molecule has 1 heterocycles. The predicted octanol–water partition coefficient (Wildman–Crippen LogP) is 2.48. The Morgan fingerprint density at radius 3 is 2.88 bits per heavy atom. The summed E-state index contributed by atoms with van der Waals surface area (Å²) >= 11 is 0. The van der Waals surface area contributed by atoms with Crippen LogP contribution in [-0.2, 0) is 6.42 Å². The Morgan fingerprint density at radius 1 is 1.24 bits per heavy atom. The Kier molecular flexibility index (Phi) is 2.10. The Labute approximate surface area is 103 Å². The maximum absolute atomic E-state index is 6.55. The SMILES string of the molecule is NC(C1CCc2cccnc21)C1C2CCCC21. The highest BCUT2D eigenvalue weighted by atomic mass is 14.8. The summed E-state index contributed by atoms with van der Waals surface area (Å²) in [5, 5.41) is 0. The second-order valence-electron chi connectivity index (χ2n) is 6.11. The summed E-state index contributed by atoms with van der Waals surface area (Å²) in [6.07, 6.45) is 8.65. The molecule has 90 valence electrons. The summed E-state index contributed by atoms with van der Waals surface area (Å²) in [5.41, 5.74) is 9.30. The first kappa shape index (κ1) is 10.1. The van der Waals surface area contributed by atoms with Gasteiger partial charge < -0.3 is 5.73 Å². The fourth-order valence-corrected chi connectivity index (χ4v) is 4.53. The molecule has 3 aliphatic rings. The van der Waals surface area contributed by atoms with Gasteiger partial charge in [0.15, 0.2) is 0 Å². The van der Waals surface area contributed by atoms with Crippen LogP contribution in [-0.4, -0.2) is 11.0 Å². The van der Waals surface area contributed by atoms with Gasteiger partial charge in [-0.2, -0.15) is 0 Å². The maximum atomic E-state index is 6.55. The molecule has 1 aromatic rings. The molecule has 1 aromatic heterocycles. The second kappa shape index (κ2) is 3.55. The topological polar surface area (TPSA) is 38.9 Å². The number of hydrogen-bond acceptors (Lipinski definition) is 2. The molecule has 0 radical (unpaired) electrons. The van der Waals surface area contributed by atoms with E-state index >= 15 is 0 Å². The zero-order chi connectivity index (χ0) is 11.4. The summed E-state index contributed by atoms with van der Waals surface area (Å²) in [6.45, 7) is 0. The molecule has 4 atom stereocenters. The molecule has 2 fully saturated rings. The van der Waals surface area contributed by atoms with Gasteiger partial charge in [0.05, 0.1) is 0 Å². The van der Waals surface area contributed by atoms with Gasteiger partial charge in [-0.3, -0.25) is 4.98 Å². The molecule has 0 bridgehead atoms. The molecule has 17 heavy (non-hydrogen) atoms. The standard InChI is InChI=1S/C15H20N2/c16-14(13-10-4-1-5-11(10)13)12-7-6-9-3-2-8-17-15(9)12/h2-3,8,10-14H,1,4-7,16H2. The third-order valence-corrected chi connectivity index (χ3v) is 5.38. The number of hydrogen-bond donors (Lipinski definition) is 1. The van der Waals surface area contributed by atoms with E-state index in [2.05, 4.69) is 17.1 Å². The lowest BCUT2D eigenvalue weighted by Crippen LogP contribution is -2.31. The van der Waals surface area contributed by atoms with Gasteiger partial charge in [-0.15, -0.1) is 0 Å². The van der Waals surface area contributed by atoms with E-state index in [0.717, 1.165) is 17.8 Å². The van der Waals surface area contributed by atoms with E-state index in [1.807, 2.05) is 6.20 Å². The monoisotopic (exact) mass is 228 g/mol. The van der Waals surface area contributed by atoms with Crippen LogP contribution in [0.2, 0.25) is 0 Å². The van der Waals surface area contributed by atoms with E-state index in [1.165, 1.54) is 43.4 Å². The fourth-order valence-electron chi connectivity index (χ4n) is 4.53. The lowest BCUT2D eigenvalue weighted by molar-refractivity contribution is 0.415. The normalized spacial score (nSPS) is 39.8. The molecule has 0 spiro atoms. The van der Waals surface area contributed by atoms with Crippen molar-refractivity contribution in [2.75, 3.05) is 0 Å². The van der Waals surface area contributed by atoms with Gasteiger partial charge in [-0.05, 0) is 55.1 Å². The maximum Gasteiger partial charge on any atom is 0.0482 e. The van der Waals surface area contributed by atoms with Gasteiger partial charge >= 0.3 is 0 Å². The van der Waals surface area contributed by atoms with E-state index in [-0.39, 0.29) is 0 Å². The number of pyridine rings is 1. The van der Waals surface area contributed by atoms with Crippen LogP contribution < -0.4 is 5.73 Å². The van der Waals surface area contributed by atoms with Crippen LogP contribution in [0.4, 0.5) is 0 Å². The average Bonchev–Trinajstić information content (AvgIpc) is 2.77. The van der Waals surface area contributed by atoms with Gasteiger partial charge in [0.2, 0.25) is 0 Å². The minimum absolute atomic E-state index is 0.376. The zero-order valence-electron chi connectivity index (χ0n) is 10.2. The zero-order valence-corrected chi connectivity index (χ0v) is 10.2. The number of nitrogens with two attached hydrogens (primary N) is 1. The summed E-state index contributed by atoms with van der Waals surface area (Å²) < 4.78 is 0. The highest BCUT2D eigenvalue weighted by Gasteiger charge is 2.56. The first-order chi connectivity index (χ1) is 8.36.